The van der Waals surface area contributed by atoms with Crippen molar-refractivity contribution >= 4 is 28.7 Å². The van der Waals surface area contributed by atoms with Crippen molar-refractivity contribution in [1.82, 2.24) is 19.7 Å². The van der Waals surface area contributed by atoms with Crippen LogP contribution in [-0.2, 0) is 4.74 Å². The Morgan fingerprint density at radius 2 is 1.96 bits per heavy atom. The highest BCUT2D eigenvalue weighted by molar-refractivity contribution is 6.30. The van der Waals surface area contributed by atoms with Gasteiger partial charge in [-0.05, 0) is 39.0 Å². The molecular formula is C17H14ClFN4O3. The highest BCUT2D eigenvalue weighted by Crippen LogP contribution is 2.20. The molecule has 0 spiro atoms. The van der Waals surface area contributed by atoms with Gasteiger partial charge in [-0.1, -0.05) is 11.6 Å². The number of nitrogens with zero attached hydrogens (tertiary/aromatic N) is 4. The van der Waals surface area contributed by atoms with Gasteiger partial charge < -0.3 is 4.74 Å². The Labute approximate surface area is 152 Å². The fraction of sp³-hybridized carbons (Fsp3) is 0.235. The van der Waals surface area contributed by atoms with E-state index in [9.17, 15) is 14.0 Å². The van der Waals surface area contributed by atoms with E-state index in [0.29, 0.717) is 11.4 Å². The summed E-state index contributed by atoms with van der Waals surface area (Å²) in [5, 5.41) is 4.19. The van der Waals surface area contributed by atoms with Crippen molar-refractivity contribution in [3.8, 4) is 5.69 Å². The number of ether oxygens (including phenoxy) is 1. The van der Waals surface area contributed by atoms with E-state index in [1.807, 2.05) is 0 Å². The third-order valence-corrected chi connectivity index (χ3v) is 3.96. The van der Waals surface area contributed by atoms with Gasteiger partial charge in [0.25, 0.3) is 0 Å². The molecule has 0 aliphatic rings. The van der Waals surface area contributed by atoms with Crippen molar-refractivity contribution in [2.24, 2.45) is 0 Å². The molecule has 0 aliphatic carbocycles. The van der Waals surface area contributed by atoms with Crippen molar-refractivity contribution in [3.63, 3.8) is 0 Å². The van der Waals surface area contributed by atoms with E-state index in [0.717, 1.165) is 10.7 Å². The SMILES string of the molecule is CCOC(=O)c1nn(-c2ccc(Cl)cc2F)c2nc(C)c(C)nc2c1=O. The van der Waals surface area contributed by atoms with E-state index >= 15 is 0 Å². The zero-order valence-electron chi connectivity index (χ0n) is 14.2. The Bertz CT molecular complexity index is 1100. The minimum atomic E-state index is -0.914. The minimum absolute atomic E-state index is 0.0255. The number of aromatic nitrogens is 4. The van der Waals surface area contributed by atoms with Gasteiger partial charge in [0, 0.05) is 5.02 Å². The molecule has 0 amide bonds. The van der Waals surface area contributed by atoms with E-state index in [4.69, 9.17) is 16.3 Å². The van der Waals surface area contributed by atoms with Crippen LogP contribution < -0.4 is 5.43 Å². The van der Waals surface area contributed by atoms with E-state index in [2.05, 4.69) is 15.1 Å². The summed E-state index contributed by atoms with van der Waals surface area (Å²) >= 11 is 5.80. The van der Waals surface area contributed by atoms with Crippen LogP contribution >= 0.6 is 11.6 Å². The Balaban J connectivity index is 2.43. The molecule has 0 bridgehead atoms. The number of halogens is 2. The van der Waals surface area contributed by atoms with Gasteiger partial charge in [-0.2, -0.15) is 5.10 Å². The second-order valence-electron chi connectivity index (χ2n) is 5.47. The van der Waals surface area contributed by atoms with Crippen LogP contribution in [0.25, 0.3) is 16.9 Å². The van der Waals surface area contributed by atoms with E-state index in [1.165, 1.54) is 12.1 Å². The van der Waals surface area contributed by atoms with Gasteiger partial charge in [-0.15, -0.1) is 0 Å². The lowest BCUT2D eigenvalue weighted by atomic mass is 10.2. The molecule has 134 valence electrons. The van der Waals surface area contributed by atoms with Crippen molar-refractivity contribution in [2.45, 2.75) is 20.8 Å². The van der Waals surface area contributed by atoms with E-state index in [-0.39, 0.29) is 28.5 Å². The van der Waals surface area contributed by atoms with Crippen molar-refractivity contribution in [3.05, 3.63) is 56.3 Å². The van der Waals surface area contributed by atoms with Crippen LogP contribution in [-0.4, -0.2) is 32.3 Å². The minimum Gasteiger partial charge on any atom is -0.461 e. The Morgan fingerprint density at radius 1 is 1.27 bits per heavy atom. The van der Waals surface area contributed by atoms with Crippen LogP contribution in [0.1, 0.15) is 28.8 Å². The van der Waals surface area contributed by atoms with Gasteiger partial charge >= 0.3 is 5.97 Å². The first-order chi connectivity index (χ1) is 12.3. The molecule has 0 saturated carbocycles. The maximum atomic E-state index is 14.4. The number of fused-ring (bicyclic) bond motifs is 1. The average molecular weight is 377 g/mol. The monoisotopic (exact) mass is 376 g/mol. The second kappa shape index (κ2) is 6.80. The van der Waals surface area contributed by atoms with E-state index in [1.54, 1.807) is 20.8 Å². The van der Waals surface area contributed by atoms with Gasteiger partial charge in [0.2, 0.25) is 11.1 Å². The van der Waals surface area contributed by atoms with E-state index < -0.39 is 22.9 Å². The molecule has 0 saturated heterocycles. The molecule has 2 heterocycles. The molecule has 3 rings (SSSR count). The lowest BCUT2D eigenvalue weighted by Crippen LogP contribution is -2.26. The maximum absolute atomic E-state index is 14.4. The fourth-order valence-electron chi connectivity index (χ4n) is 2.35. The lowest BCUT2D eigenvalue weighted by molar-refractivity contribution is 0.0516. The first-order valence-corrected chi connectivity index (χ1v) is 8.12. The summed E-state index contributed by atoms with van der Waals surface area (Å²) in [5.74, 6) is -1.60. The summed E-state index contributed by atoms with van der Waals surface area (Å²) in [6.07, 6.45) is 0. The van der Waals surface area contributed by atoms with Crippen LogP contribution in [0.5, 0.6) is 0 Å². The number of esters is 1. The molecule has 0 atom stereocenters. The normalized spacial score (nSPS) is 11.0. The van der Waals surface area contributed by atoms with Gasteiger partial charge in [-0.25, -0.2) is 23.8 Å². The third-order valence-electron chi connectivity index (χ3n) is 3.73. The number of hydrogen-bond donors (Lipinski definition) is 0. The topological polar surface area (TPSA) is 87.0 Å². The maximum Gasteiger partial charge on any atom is 0.363 e. The number of rotatable bonds is 3. The Kier molecular flexibility index (Phi) is 4.69. The number of carbonyl (C=O) groups is 1. The predicted molar refractivity (Wildman–Crippen MR) is 93.3 cm³/mol. The molecule has 0 radical (unpaired) electrons. The van der Waals surface area contributed by atoms with Crippen LogP contribution in [0.4, 0.5) is 4.39 Å². The summed E-state index contributed by atoms with van der Waals surface area (Å²) in [5.41, 5.74) is -0.245. The number of hydrogen-bond acceptors (Lipinski definition) is 6. The summed E-state index contributed by atoms with van der Waals surface area (Å²) in [7, 11) is 0. The highest BCUT2D eigenvalue weighted by atomic mass is 35.5. The quantitative estimate of drug-likeness (QED) is 0.653. The van der Waals surface area contributed by atoms with Crippen LogP contribution in [0.3, 0.4) is 0 Å². The summed E-state index contributed by atoms with van der Waals surface area (Å²) in [6, 6.07) is 3.94. The van der Waals surface area contributed by atoms with Crippen LogP contribution in [0.2, 0.25) is 5.02 Å². The molecule has 0 N–H and O–H groups in total. The largest absolute Gasteiger partial charge is 0.461 e. The Hall–Kier alpha value is -2.87. The molecule has 0 unspecified atom stereocenters. The number of carbonyl (C=O) groups excluding carboxylic acids is 1. The molecule has 26 heavy (non-hydrogen) atoms. The lowest BCUT2D eigenvalue weighted by Gasteiger charge is -2.12. The first kappa shape index (κ1) is 17.9. The van der Waals surface area contributed by atoms with Crippen molar-refractivity contribution in [1.29, 1.82) is 0 Å². The third kappa shape index (κ3) is 3.03. The van der Waals surface area contributed by atoms with Gasteiger partial charge in [0.1, 0.15) is 11.5 Å². The highest BCUT2D eigenvalue weighted by Gasteiger charge is 2.22. The predicted octanol–water partition coefficient (Wildman–Crippen LogP) is 2.76. The Morgan fingerprint density at radius 3 is 2.62 bits per heavy atom. The second-order valence-corrected chi connectivity index (χ2v) is 5.91. The first-order valence-electron chi connectivity index (χ1n) is 7.74. The molecular weight excluding hydrogens is 363 g/mol. The molecule has 7 nitrogen and oxygen atoms in total. The smallest absolute Gasteiger partial charge is 0.363 e. The zero-order valence-corrected chi connectivity index (χ0v) is 15.0. The fourth-order valence-corrected chi connectivity index (χ4v) is 2.51. The molecule has 2 aromatic heterocycles. The standard InChI is InChI=1S/C17H14ClFN4O3/c1-4-26-17(25)14-15(24)13-16(21-9(3)8(2)20-13)23(22-14)12-6-5-10(18)7-11(12)19/h5-7H,4H2,1-3H3. The van der Waals surface area contributed by atoms with Crippen LogP contribution in [0.15, 0.2) is 23.0 Å². The zero-order chi connectivity index (χ0) is 19.0. The van der Waals surface area contributed by atoms with Gasteiger partial charge in [-0.3, -0.25) is 4.79 Å². The summed E-state index contributed by atoms with van der Waals surface area (Å²) in [6.45, 7) is 5.04. The summed E-state index contributed by atoms with van der Waals surface area (Å²) in [4.78, 5) is 33.3. The molecule has 0 fully saturated rings. The molecule has 0 aliphatic heterocycles. The van der Waals surface area contributed by atoms with Crippen LogP contribution in [0, 0.1) is 19.7 Å². The number of aryl methyl sites for hydroxylation is 2. The average Bonchev–Trinajstić information content (AvgIpc) is 2.58. The molecule has 1 aromatic carbocycles. The van der Waals surface area contributed by atoms with Crippen molar-refractivity contribution in [2.75, 3.05) is 6.61 Å². The molecule has 3 aromatic rings. The van der Waals surface area contributed by atoms with Gasteiger partial charge in [0.15, 0.2) is 11.2 Å². The van der Waals surface area contributed by atoms with Gasteiger partial charge in [0.05, 0.1) is 18.0 Å². The summed E-state index contributed by atoms with van der Waals surface area (Å²) < 4.78 is 20.4. The van der Waals surface area contributed by atoms with Crippen molar-refractivity contribution < 1.29 is 13.9 Å². The molecule has 9 heteroatoms. The number of benzene rings is 1.